The lowest BCUT2D eigenvalue weighted by Crippen LogP contribution is -2.33. The third-order valence-electron chi connectivity index (χ3n) is 4.37. The van der Waals surface area contributed by atoms with Gasteiger partial charge in [0.2, 0.25) is 0 Å². The van der Waals surface area contributed by atoms with E-state index < -0.39 is 11.7 Å². The predicted octanol–water partition coefficient (Wildman–Crippen LogP) is 1.68. The summed E-state index contributed by atoms with van der Waals surface area (Å²) < 4.78 is 3.24. The quantitative estimate of drug-likeness (QED) is 0.557. The first-order valence-electron chi connectivity index (χ1n) is 8.19. The Bertz CT molecular complexity index is 941. The zero-order valence-corrected chi connectivity index (χ0v) is 15.1. The van der Waals surface area contributed by atoms with E-state index in [2.05, 4.69) is 20.5 Å². The molecule has 0 bridgehead atoms. The second-order valence-corrected chi connectivity index (χ2v) is 6.13. The lowest BCUT2D eigenvalue weighted by atomic mass is 10.1. The largest absolute Gasteiger partial charge is 0.343 e. The summed E-state index contributed by atoms with van der Waals surface area (Å²) in [5.41, 5.74) is 3.33. The van der Waals surface area contributed by atoms with Gasteiger partial charge in [-0.3, -0.25) is 14.3 Å². The third-order valence-corrected chi connectivity index (χ3v) is 4.37. The minimum Gasteiger partial charge on any atom is -0.343 e. The van der Waals surface area contributed by atoms with E-state index in [9.17, 15) is 9.59 Å². The fourth-order valence-corrected chi connectivity index (χ4v) is 2.82. The molecule has 1 N–H and O–H groups in total. The number of hydrogen-bond donors (Lipinski definition) is 1. The maximum absolute atomic E-state index is 12.5. The van der Waals surface area contributed by atoms with Crippen LogP contribution in [0.5, 0.6) is 0 Å². The van der Waals surface area contributed by atoms with Crippen molar-refractivity contribution in [3.05, 3.63) is 59.4 Å². The number of aromatic nitrogens is 5. The maximum Gasteiger partial charge on any atom is 0.293 e. The molecule has 0 aliphatic carbocycles. The van der Waals surface area contributed by atoms with Gasteiger partial charge in [-0.1, -0.05) is 12.1 Å². The molecule has 0 fully saturated rings. The van der Waals surface area contributed by atoms with Crippen molar-refractivity contribution >= 4 is 11.7 Å². The van der Waals surface area contributed by atoms with Gasteiger partial charge in [0.15, 0.2) is 0 Å². The molecule has 0 saturated heterocycles. The molecule has 26 heavy (non-hydrogen) atoms. The summed E-state index contributed by atoms with van der Waals surface area (Å²) in [6.45, 7) is 5.32. The van der Waals surface area contributed by atoms with Crippen molar-refractivity contribution in [1.82, 2.24) is 29.9 Å². The van der Waals surface area contributed by atoms with Crippen LogP contribution in [0.2, 0.25) is 0 Å². The Morgan fingerprint density at radius 3 is 2.38 bits per heavy atom. The Labute approximate surface area is 150 Å². The first-order chi connectivity index (χ1) is 12.4. The van der Waals surface area contributed by atoms with E-state index >= 15 is 0 Å². The zero-order chi connectivity index (χ0) is 18.8. The van der Waals surface area contributed by atoms with Crippen LogP contribution < -0.4 is 5.32 Å². The highest BCUT2D eigenvalue weighted by Gasteiger charge is 2.25. The van der Waals surface area contributed by atoms with Crippen molar-refractivity contribution < 1.29 is 9.59 Å². The fraction of sp³-hybridized carbons (Fsp3) is 0.278. The second kappa shape index (κ2) is 6.91. The summed E-state index contributed by atoms with van der Waals surface area (Å²) in [7, 11) is 1.75. The molecule has 1 aromatic carbocycles. The number of carbonyl (C=O) groups excluding carboxylic acids is 2. The van der Waals surface area contributed by atoms with Crippen LogP contribution in [0.1, 0.15) is 40.3 Å². The zero-order valence-electron chi connectivity index (χ0n) is 15.1. The monoisotopic (exact) mass is 352 g/mol. The van der Waals surface area contributed by atoms with Crippen LogP contribution in [0.15, 0.2) is 36.9 Å². The highest BCUT2D eigenvalue weighted by molar-refractivity contribution is 6.43. The van der Waals surface area contributed by atoms with Crippen LogP contribution in [0, 0.1) is 13.8 Å². The summed E-state index contributed by atoms with van der Waals surface area (Å²) in [6.07, 6.45) is 3.07. The molecule has 1 amide bonds. The number of amides is 1. The Morgan fingerprint density at radius 2 is 1.85 bits per heavy atom. The van der Waals surface area contributed by atoms with E-state index in [0.29, 0.717) is 17.0 Å². The van der Waals surface area contributed by atoms with E-state index in [4.69, 9.17) is 0 Å². The first kappa shape index (κ1) is 17.5. The Hall–Kier alpha value is -3.29. The van der Waals surface area contributed by atoms with Crippen LogP contribution in [0.25, 0.3) is 5.69 Å². The molecule has 0 aliphatic heterocycles. The molecular formula is C18H20N6O2. The Morgan fingerprint density at radius 1 is 1.15 bits per heavy atom. The van der Waals surface area contributed by atoms with E-state index in [0.717, 1.165) is 11.3 Å². The van der Waals surface area contributed by atoms with Gasteiger partial charge in [-0.25, -0.2) is 9.67 Å². The summed E-state index contributed by atoms with van der Waals surface area (Å²) in [5.74, 6) is -1.21. The van der Waals surface area contributed by atoms with Crippen LogP contribution in [0.4, 0.5) is 0 Å². The SMILES string of the molecule is Cc1nn(C)c(C)c1C(=O)C(=O)NC(C)c1ccc(-n2cncn2)cc1. The summed E-state index contributed by atoms with van der Waals surface area (Å²) in [4.78, 5) is 28.8. The van der Waals surface area contributed by atoms with Gasteiger partial charge in [-0.2, -0.15) is 10.2 Å². The van der Waals surface area contributed by atoms with Crippen LogP contribution in [-0.4, -0.2) is 36.2 Å². The van der Waals surface area contributed by atoms with Crippen molar-refractivity contribution in [2.75, 3.05) is 0 Å². The number of carbonyl (C=O) groups is 2. The van der Waals surface area contributed by atoms with Gasteiger partial charge in [-0.15, -0.1) is 0 Å². The molecule has 1 unspecified atom stereocenters. The highest BCUT2D eigenvalue weighted by atomic mass is 16.2. The minimum absolute atomic E-state index is 0.312. The Kier molecular flexibility index (Phi) is 4.66. The molecule has 0 radical (unpaired) electrons. The number of nitrogens with zero attached hydrogens (tertiary/aromatic N) is 5. The lowest BCUT2D eigenvalue weighted by molar-refractivity contribution is -0.117. The van der Waals surface area contributed by atoms with Gasteiger partial charge in [-0.05, 0) is 38.5 Å². The second-order valence-electron chi connectivity index (χ2n) is 6.13. The molecule has 3 aromatic rings. The summed E-state index contributed by atoms with van der Waals surface area (Å²) >= 11 is 0. The van der Waals surface area contributed by atoms with Crippen molar-refractivity contribution in [1.29, 1.82) is 0 Å². The van der Waals surface area contributed by atoms with Crippen LogP contribution in [-0.2, 0) is 11.8 Å². The van der Waals surface area contributed by atoms with Gasteiger partial charge in [0, 0.05) is 12.7 Å². The molecule has 8 nitrogen and oxygen atoms in total. The van der Waals surface area contributed by atoms with Crippen molar-refractivity contribution in [2.24, 2.45) is 7.05 Å². The smallest absolute Gasteiger partial charge is 0.293 e. The Balaban J connectivity index is 1.72. The van der Waals surface area contributed by atoms with E-state index in [1.165, 1.54) is 6.33 Å². The molecule has 1 atom stereocenters. The number of benzene rings is 1. The number of ketones is 1. The average molecular weight is 352 g/mol. The van der Waals surface area contributed by atoms with E-state index in [-0.39, 0.29) is 6.04 Å². The molecule has 2 heterocycles. The number of hydrogen-bond acceptors (Lipinski definition) is 5. The standard InChI is InChI=1S/C18H20N6O2/c1-11(14-5-7-15(8-6-14)24-10-19-9-20-24)21-18(26)17(25)16-12(2)22-23(4)13(16)3/h5-11H,1-4H3,(H,21,26). The van der Waals surface area contributed by atoms with Crippen molar-refractivity contribution in [3.63, 3.8) is 0 Å². The molecular weight excluding hydrogens is 332 g/mol. The van der Waals surface area contributed by atoms with Gasteiger partial charge in [0.25, 0.3) is 11.7 Å². The number of rotatable bonds is 5. The molecule has 0 saturated carbocycles. The molecule has 0 aliphatic rings. The summed E-state index contributed by atoms with van der Waals surface area (Å²) in [6, 6.07) is 7.21. The minimum atomic E-state index is -0.642. The predicted molar refractivity (Wildman–Crippen MR) is 94.9 cm³/mol. The van der Waals surface area contributed by atoms with Crippen molar-refractivity contribution in [2.45, 2.75) is 26.8 Å². The highest BCUT2D eigenvalue weighted by Crippen LogP contribution is 2.17. The molecule has 8 heteroatoms. The van der Waals surface area contributed by atoms with Crippen LogP contribution >= 0.6 is 0 Å². The van der Waals surface area contributed by atoms with Gasteiger partial charge in [0.05, 0.1) is 23.0 Å². The molecule has 3 rings (SSSR count). The van der Waals surface area contributed by atoms with Crippen LogP contribution in [0.3, 0.4) is 0 Å². The summed E-state index contributed by atoms with van der Waals surface area (Å²) in [5, 5.41) is 11.0. The van der Waals surface area contributed by atoms with Crippen molar-refractivity contribution in [3.8, 4) is 5.69 Å². The third kappa shape index (κ3) is 3.26. The fourth-order valence-electron chi connectivity index (χ4n) is 2.82. The van der Waals surface area contributed by atoms with Gasteiger partial charge in [0.1, 0.15) is 12.7 Å². The van der Waals surface area contributed by atoms with Gasteiger partial charge >= 0.3 is 0 Å². The van der Waals surface area contributed by atoms with E-state index in [1.807, 2.05) is 31.2 Å². The normalized spacial score (nSPS) is 12.0. The van der Waals surface area contributed by atoms with Gasteiger partial charge < -0.3 is 5.32 Å². The number of aryl methyl sites for hydroxylation is 2. The maximum atomic E-state index is 12.5. The average Bonchev–Trinajstić information content (AvgIpc) is 3.23. The first-order valence-corrected chi connectivity index (χ1v) is 8.19. The number of nitrogens with one attached hydrogen (secondary N) is 1. The molecule has 0 spiro atoms. The topological polar surface area (TPSA) is 94.7 Å². The lowest BCUT2D eigenvalue weighted by Gasteiger charge is -2.14. The molecule has 2 aromatic heterocycles. The molecule has 134 valence electrons. The number of Topliss-reactive ketones (excluding diaryl/α,β-unsaturated/α-hetero) is 1. The van der Waals surface area contributed by atoms with E-state index in [1.54, 1.807) is 36.6 Å².